The van der Waals surface area contributed by atoms with Crippen LogP contribution < -0.4 is 4.74 Å². The van der Waals surface area contributed by atoms with Crippen molar-refractivity contribution in [2.45, 2.75) is 18.7 Å². The Morgan fingerprint density at radius 3 is 2.45 bits per heavy atom. The Balaban J connectivity index is 1.43. The summed E-state index contributed by atoms with van der Waals surface area (Å²) in [5, 5.41) is 9.14. The molecule has 6 rings (SSSR count). The number of nitrogens with zero attached hydrogens (tertiary/aromatic N) is 2. The van der Waals surface area contributed by atoms with Gasteiger partial charge in [-0.15, -0.1) is 0 Å². The summed E-state index contributed by atoms with van der Waals surface area (Å²) in [6.45, 7) is 0. The molecule has 4 nitrogen and oxygen atoms in total. The molecule has 33 heavy (non-hydrogen) atoms. The van der Waals surface area contributed by atoms with Gasteiger partial charge in [-0.05, 0) is 52.7 Å². The molecule has 0 aliphatic carbocycles. The molecule has 0 radical (unpaired) electrons. The molecule has 2 heterocycles. The minimum absolute atomic E-state index is 0.0721. The number of hydrogen-bond acceptors (Lipinski definition) is 4. The van der Waals surface area contributed by atoms with Crippen molar-refractivity contribution in [2.24, 2.45) is 5.10 Å². The maximum atomic E-state index is 13.5. The van der Waals surface area contributed by atoms with Crippen molar-refractivity contribution in [3.8, 4) is 5.75 Å². The predicted octanol–water partition coefficient (Wildman–Crippen LogP) is 7.12. The first kappa shape index (κ1) is 20.6. The topological polar surface area (TPSA) is 41.9 Å². The molecule has 6 heteroatoms. The van der Waals surface area contributed by atoms with Crippen molar-refractivity contribution < 1.29 is 9.53 Å². The van der Waals surface area contributed by atoms with Crippen molar-refractivity contribution in [1.29, 1.82) is 0 Å². The molecule has 4 aromatic carbocycles. The van der Waals surface area contributed by atoms with Crippen molar-refractivity contribution >= 4 is 54.1 Å². The molecule has 0 spiro atoms. The van der Waals surface area contributed by atoms with Crippen molar-refractivity contribution in [2.75, 3.05) is 0 Å². The van der Waals surface area contributed by atoms with Gasteiger partial charge in [0.2, 0.25) is 5.78 Å². The number of halogens is 2. The fraction of sp³-hybridized carbons (Fsp3) is 0.111. The van der Waals surface area contributed by atoms with Gasteiger partial charge in [-0.1, -0.05) is 80.4 Å². The SMILES string of the molecule is O=C(c1ccc(Br)cc1)[C@H]1Oc2ccc(Br)cc2[C@@H]2CC(c3ccc4ccccc4c3)=NN12. The molecular weight excluding hydrogens is 544 g/mol. The lowest BCUT2D eigenvalue weighted by atomic mass is 9.95. The van der Waals surface area contributed by atoms with Crippen LogP contribution >= 0.6 is 31.9 Å². The smallest absolute Gasteiger partial charge is 0.251 e. The second-order valence-corrected chi connectivity index (χ2v) is 10.1. The quantitative estimate of drug-likeness (QED) is 0.250. The summed E-state index contributed by atoms with van der Waals surface area (Å²) in [4.78, 5) is 13.5. The van der Waals surface area contributed by atoms with E-state index in [0.717, 1.165) is 31.5 Å². The molecule has 2 atom stereocenters. The summed E-state index contributed by atoms with van der Waals surface area (Å²) < 4.78 is 8.14. The zero-order chi connectivity index (χ0) is 22.5. The molecule has 0 bridgehead atoms. The van der Waals surface area contributed by atoms with E-state index in [-0.39, 0.29) is 11.8 Å². The number of carbonyl (C=O) groups is 1. The van der Waals surface area contributed by atoms with Gasteiger partial charge in [0.25, 0.3) is 6.23 Å². The summed E-state index contributed by atoms with van der Waals surface area (Å²) in [6.07, 6.45) is -0.113. The molecular formula is C27H18Br2N2O2. The van der Waals surface area contributed by atoms with Crippen LogP contribution in [0.15, 0.2) is 99.0 Å². The van der Waals surface area contributed by atoms with Crippen LogP contribution in [0.4, 0.5) is 0 Å². The largest absolute Gasteiger partial charge is 0.461 e. The number of rotatable bonds is 3. The van der Waals surface area contributed by atoms with E-state index in [0.29, 0.717) is 12.0 Å². The zero-order valence-corrected chi connectivity index (χ0v) is 20.6. The maximum Gasteiger partial charge on any atom is 0.251 e. The van der Waals surface area contributed by atoms with Gasteiger partial charge in [-0.25, -0.2) is 5.01 Å². The normalized spacial score (nSPS) is 19.0. The lowest BCUT2D eigenvalue weighted by Gasteiger charge is -2.37. The van der Waals surface area contributed by atoms with Crippen LogP contribution in [-0.2, 0) is 0 Å². The fourth-order valence-corrected chi connectivity index (χ4v) is 5.17. The number of fused-ring (bicyclic) bond motifs is 4. The highest BCUT2D eigenvalue weighted by Crippen LogP contribution is 2.44. The van der Waals surface area contributed by atoms with Crippen LogP contribution in [-0.4, -0.2) is 22.7 Å². The van der Waals surface area contributed by atoms with E-state index in [1.165, 1.54) is 10.8 Å². The van der Waals surface area contributed by atoms with Gasteiger partial charge in [0.05, 0.1) is 11.8 Å². The van der Waals surface area contributed by atoms with Crippen LogP contribution in [0, 0.1) is 0 Å². The number of hydrazone groups is 1. The molecule has 0 saturated carbocycles. The molecule has 2 aliphatic rings. The molecule has 162 valence electrons. The minimum Gasteiger partial charge on any atom is -0.461 e. The maximum absolute atomic E-state index is 13.5. The van der Waals surface area contributed by atoms with Crippen molar-refractivity contribution in [1.82, 2.24) is 5.01 Å². The summed E-state index contributed by atoms with van der Waals surface area (Å²) in [5.74, 6) is 0.620. The van der Waals surface area contributed by atoms with E-state index in [1.807, 2.05) is 53.5 Å². The molecule has 0 unspecified atom stereocenters. The first-order valence-corrected chi connectivity index (χ1v) is 12.3. The Labute approximate surface area is 208 Å². The van der Waals surface area contributed by atoms with Crippen LogP contribution in [0.2, 0.25) is 0 Å². The fourth-order valence-electron chi connectivity index (χ4n) is 4.53. The summed E-state index contributed by atoms with van der Waals surface area (Å²) >= 11 is 7.01. The molecule has 0 amide bonds. The summed E-state index contributed by atoms with van der Waals surface area (Å²) in [6, 6.07) is 27.9. The highest BCUT2D eigenvalue weighted by molar-refractivity contribution is 9.10. The van der Waals surface area contributed by atoms with Gasteiger partial charge in [0.15, 0.2) is 0 Å². The van der Waals surface area contributed by atoms with Gasteiger partial charge in [-0.2, -0.15) is 5.10 Å². The monoisotopic (exact) mass is 560 g/mol. The molecule has 0 N–H and O–H groups in total. The van der Waals surface area contributed by atoms with E-state index >= 15 is 0 Å². The summed E-state index contributed by atoms with van der Waals surface area (Å²) in [5.41, 5.74) is 3.64. The highest BCUT2D eigenvalue weighted by atomic mass is 79.9. The van der Waals surface area contributed by atoms with Crippen molar-refractivity contribution in [3.63, 3.8) is 0 Å². The summed E-state index contributed by atoms with van der Waals surface area (Å²) in [7, 11) is 0. The van der Waals surface area contributed by atoms with Gasteiger partial charge < -0.3 is 4.74 Å². The average molecular weight is 562 g/mol. The van der Waals surface area contributed by atoms with Crippen LogP contribution in [0.1, 0.15) is 33.9 Å². The number of benzene rings is 4. The standard InChI is InChI=1S/C27H18Br2N2O2/c28-20-9-7-17(8-10-20)26(32)27-31-24(22-14-21(29)11-12-25(22)33-27)15-23(30-31)19-6-5-16-3-1-2-4-18(16)13-19/h1-14,24,27H,15H2/t24-,27+/m0/s1. The van der Waals surface area contributed by atoms with Gasteiger partial charge >= 0.3 is 0 Å². The molecule has 4 aromatic rings. The molecule has 0 fully saturated rings. The Morgan fingerprint density at radius 1 is 0.879 bits per heavy atom. The lowest BCUT2D eigenvalue weighted by molar-refractivity contribution is -0.00459. The third kappa shape index (κ3) is 3.67. The van der Waals surface area contributed by atoms with Crippen LogP contribution in [0.3, 0.4) is 0 Å². The van der Waals surface area contributed by atoms with Gasteiger partial charge in [0, 0.05) is 26.5 Å². The molecule has 0 saturated heterocycles. The number of ether oxygens (including phenoxy) is 1. The lowest BCUT2D eigenvalue weighted by Crippen LogP contribution is -2.45. The Hall–Kier alpha value is -2.96. The van der Waals surface area contributed by atoms with Gasteiger partial charge in [-0.3, -0.25) is 4.79 Å². The molecule has 0 aromatic heterocycles. The first-order chi connectivity index (χ1) is 16.1. The number of carbonyl (C=O) groups excluding carboxylic acids is 1. The van der Waals surface area contributed by atoms with Gasteiger partial charge in [0.1, 0.15) is 5.75 Å². The van der Waals surface area contributed by atoms with Crippen LogP contribution in [0.5, 0.6) is 5.75 Å². The highest BCUT2D eigenvalue weighted by Gasteiger charge is 2.43. The van der Waals surface area contributed by atoms with E-state index in [2.05, 4.69) is 68.3 Å². The minimum atomic E-state index is -0.817. The van der Waals surface area contributed by atoms with E-state index in [1.54, 1.807) is 0 Å². The first-order valence-electron chi connectivity index (χ1n) is 10.7. The Bertz CT molecular complexity index is 1430. The second-order valence-electron chi connectivity index (χ2n) is 8.23. The Morgan fingerprint density at radius 2 is 1.64 bits per heavy atom. The average Bonchev–Trinajstić information content (AvgIpc) is 3.29. The number of hydrogen-bond donors (Lipinski definition) is 0. The van der Waals surface area contributed by atoms with E-state index < -0.39 is 6.23 Å². The Kier molecular flexibility index (Phi) is 5.07. The number of Topliss-reactive ketones (excluding diaryl/α,β-unsaturated/α-hetero) is 1. The van der Waals surface area contributed by atoms with Crippen LogP contribution in [0.25, 0.3) is 10.8 Å². The van der Waals surface area contributed by atoms with Crippen molar-refractivity contribution in [3.05, 3.63) is 111 Å². The zero-order valence-electron chi connectivity index (χ0n) is 17.4. The third-order valence-electron chi connectivity index (χ3n) is 6.19. The van der Waals surface area contributed by atoms with E-state index in [4.69, 9.17) is 9.84 Å². The predicted molar refractivity (Wildman–Crippen MR) is 137 cm³/mol. The third-order valence-corrected chi connectivity index (χ3v) is 7.21. The second kappa shape index (κ2) is 8.12. The van der Waals surface area contributed by atoms with E-state index in [9.17, 15) is 4.79 Å². The molecule has 2 aliphatic heterocycles. The number of ketones is 1.